The number of unbranched alkanes of at least 4 members (excludes halogenated alkanes) is 19. The van der Waals surface area contributed by atoms with E-state index in [0.717, 1.165) is 96.3 Å². The predicted molar refractivity (Wildman–Crippen MR) is 239 cm³/mol. The molecule has 0 heterocycles. The zero-order valence-electron chi connectivity index (χ0n) is 37.4. The Hall–Kier alpha value is -2.19. The topological polar surface area (TPSA) is 210 Å². The third kappa shape index (κ3) is 29.7. The smallest absolute Gasteiger partial charge is 0.462 e. The van der Waals surface area contributed by atoms with Crippen molar-refractivity contribution in [2.45, 2.75) is 224 Å². The Labute approximate surface area is 367 Å². The first-order chi connectivity index (χ1) is 29.4. The van der Waals surface area contributed by atoms with Gasteiger partial charge in [-0.2, -0.15) is 0 Å². The van der Waals surface area contributed by atoms with Crippen molar-refractivity contribution in [3.05, 3.63) is 48.6 Å². The molecule has 14 heteroatoms. The van der Waals surface area contributed by atoms with Crippen molar-refractivity contribution in [3.8, 4) is 0 Å². The van der Waals surface area contributed by atoms with E-state index in [9.17, 15) is 44.6 Å². The highest BCUT2D eigenvalue weighted by atomic mass is 31.2. The minimum Gasteiger partial charge on any atom is -0.462 e. The summed E-state index contributed by atoms with van der Waals surface area (Å²) in [5, 5.41) is 50.1. The summed E-state index contributed by atoms with van der Waals surface area (Å²) in [6.45, 7) is 3.23. The third-order valence-electron chi connectivity index (χ3n) is 10.7. The fraction of sp³-hybridized carbons (Fsp3) is 0.787. The molecule has 0 spiro atoms. The van der Waals surface area contributed by atoms with E-state index in [1.54, 1.807) is 0 Å². The summed E-state index contributed by atoms with van der Waals surface area (Å²) in [5.41, 5.74) is 0. The third-order valence-corrected chi connectivity index (χ3v) is 11.7. The number of hydrogen-bond donors (Lipinski definition) is 6. The number of aliphatic hydroxyl groups excluding tert-OH is 5. The number of aliphatic hydroxyl groups is 5. The van der Waals surface area contributed by atoms with E-state index < -0.39 is 75.7 Å². The molecule has 1 aliphatic rings. The average Bonchev–Trinajstić information content (AvgIpc) is 3.24. The maximum atomic E-state index is 12.8. The molecule has 8 atom stereocenters. The van der Waals surface area contributed by atoms with Gasteiger partial charge in [0.1, 0.15) is 43.2 Å². The molecule has 0 aromatic heterocycles. The molecule has 1 aliphatic carbocycles. The molecule has 0 saturated heterocycles. The molecule has 13 nitrogen and oxygen atoms in total. The second-order valence-electron chi connectivity index (χ2n) is 16.3. The van der Waals surface area contributed by atoms with Gasteiger partial charge in [-0.25, -0.2) is 4.57 Å². The lowest BCUT2D eigenvalue weighted by atomic mass is 9.85. The number of rotatable bonds is 38. The van der Waals surface area contributed by atoms with E-state index >= 15 is 0 Å². The Morgan fingerprint density at radius 2 is 0.934 bits per heavy atom. The number of phosphoric ester groups is 1. The molecule has 0 bridgehead atoms. The minimum atomic E-state index is -5.12. The van der Waals surface area contributed by atoms with Crippen LogP contribution in [0.15, 0.2) is 48.6 Å². The van der Waals surface area contributed by atoms with E-state index in [4.69, 9.17) is 18.5 Å². The Bertz CT molecular complexity index is 1250. The van der Waals surface area contributed by atoms with Crippen LogP contribution in [-0.2, 0) is 32.7 Å². The van der Waals surface area contributed by atoms with Gasteiger partial charge in [0.15, 0.2) is 6.10 Å². The summed E-state index contributed by atoms with van der Waals surface area (Å²) in [7, 11) is -5.12. The zero-order chi connectivity index (χ0) is 45.0. The van der Waals surface area contributed by atoms with Gasteiger partial charge >= 0.3 is 19.8 Å². The maximum Gasteiger partial charge on any atom is 0.472 e. The van der Waals surface area contributed by atoms with Crippen molar-refractivity contribution in [1.29, 1.82) is 0 Å². The van der Waals surface area contributed by atoms with Gasteiger partial charge in [-0.15, -0.1) is 0 Å². The van der Waals surface area contributed by atoms with E-state index in [0.29, 0.717) is 12.8 Å². The molecular weight excluding hydrogens is 803 g/mol. The molecule has 6 N–H and O–H groups in total. The minimum absolute atomic E-state index is 0.0762. The first kappa shape index (κ1) is 56.8. The highest BCUT2D eigenvalue weighted by Gasteiger charge is 2.51. The Balaban J connectivity index is 2.47. The SMILES string of the molecule is CCCCC/C=C/C/C=C/CCCCCCCCCC(=O)OC[C@@H](COP(=O)(O)OC1C(O)C(O)C(O)[C@H](O)C1O)OC(=O)CCCCCCC/C=C/C=C/CCCCCC. The van der Waals surface area contributed by atoms with E-state index in [2.05, 4.69) is 62.5 Å². The maximum absolute atomic E-state index is 12.8. The molecule has 0 aromatic rings. The van der Waals surface area contributed by atoms with Crippen molar-refractivity contribution in [1.82, 2.24) is 0 Å². The monoisotopic (exact) mass is 887 g/mol. The predicted octanol–water partition coefficient (Wildman–Crippen LogP) is 9.17. The van der Waals surface area contributed by atoms with Crippen molar-refractivity contribution in [2.75, 3.05) is 13.2 Å². The van der Waals surface area contributed by atoms with Crippen LogP contribution in [0.5, 0.6) is 0 Å². The average molecular weight is 887 g/mol. The summed E-state index contributed by atoms with van der Waals surface area (Å²) in [6, 6.07) is 0. The summed E-state index contributed by atoms with van der Waals surface area (Å²) in [4.78, 5) is 35.7. The van der Waals surface area contributed by atoms with Crippen molar-refractivity contribution < 1.29 is 63.1 Å². The summed E-state index contributed by atoms with van der Waals surface area (Å²) >= 11 is 0. The summed E-state index contributed by atoms with van der Waals surface area (Å²) < 4.78 is 33.5. The molecule has 0 radical (unpaired) electrons. The van der Waals surface area contributed by atoms with Crippen LogP contribution >= 0.6 is 7.82 Å². The highest BCUT2D eigenvalue weighted by Crippen LogP contribution is 2.47. The van der Waals surface area contributed by atoms with Crippen molar-refractivity contribution in [2.24, 2.45) is 0 Å². The van der Waals surface area contributed by atoms with Crippen LogP contribution in [0, 0.1) is 0 Å². The van der Waals surface area contributed by atoms with Gasteiger partial charge in [0.25, 0.3) is 0 Å². The normalized spacial score (nSPS) is 22.4. The van der Waals surface area contributed by atoms with Crippen LogP contribution < -0.4 is 0 Å². The quantitative estimate of drug-likeness (QED) is 0.0112. The largest absolute Gasteiger partial charge is 0.472 e. The molecule has 1 fully saturated rings. The van der Waals surface area contributed by atoms with Crippen molar-refractivity contribution >= 4 is 19.8 Å². The fourth-order valence-corrected chi connectivity index (χ4v) is 7.81. The molecular formula is C47H83O13P. The lowest BCUT2D eigenvalue weighted by Crippen LogP contribution is -2.64. The lowest BCUT2D eigenvalue weighted by molar-refractivity contribution is -0.220. The van der Waals surface area contributed by atoms with Crippen LogP contribution in [0.2, 0.25) is 0 Å². The molecule has 0 aliphatic heterocycles. The summed E-state index contributed by atoms with van der Waals surface area (Å²) in [6.07, 6.45) is 30.1. The standard InChI is InChI=1S/C47H83O13P/c1-3-5-7-9-11-13-15-17-19-20-22-23-25-27-29-31-33-35-40(48)57-37-39(38-58-61(55,56)60-47-45(53)43(51)42(50)44(52)46(47)54)59-41(49)36-34-32-30-28-26-24-21-18-16-14-12-10-8-6-4-2/h11,13-14,16-19,21,39,42-47,50-54H,3-10,12,15,20,22-38H2,1-2H3,(H,55,56)/b13-11+,16-14+,19-17+,21-18+/t39-,42?,43-,44?,45?,46?,47?/m0/s1. The fourth-order valence-electron chi connectivity index (χ4n) is 6.84. The van der Waals surface area contributed by atoms with E-state index in [-0.39, 0.29) is 12.8 Å². The number of carbonyl (C=O) groups is 2. The van der Waals surface area contributed by atoms with Gasteiger partial charge in [-0.3, -0.25) is 18.6 Å². The molecule has 6 unspecified atom stereocenters. The second-order valence-corrected chi connectivity index (χ2v) is 17.7. The van der Waals surface area contributed by atoms with Gasteiger partial charge in [-0.05, 0) is 70.6 Å². The highest BCUT2D eigenvalue weighted by molar-refractivity contribution is 7.47. The van der Waals surface area contributed by atoms with Crippen molar-refractivity contribution in [3.63, 3.8) is 0 Å². The van der Waals surface area contributed by atoms with Gasteiger partial charge < -0.3 is 39.9 Å². The van der Waals surface area contributed by atoms with Gasteiger partial charge in [0.2, 0.25) is 0 Å². The first-order valence-electron chi connectivity index (χ1n) is 23.5. The molecule has 0 amide bonds. The van der Waals surface area contributed by atoms with E-state index in [1.807, 2.05) is 0 Å². The number of hydrogen-bond acceptors (Lipinski definition) is 12. The van der Waals surface area contributed by atoms with Crippen LogP contribution in [-0.4, -0.2) is 98.3 Å². The molecule has 354 valence electrons. The van der Waals surface area contributed by atoms with Crippen LogP contribution in [0.4, 0.5) is 0 Å². The summed E-state index contributed by atoms with van der Waals surface area (Å²) in [5.74, 6) is -1.13. The second kappa shape index (κ2) is 37.2. The van der Waals surface area contributed by atoms with Crippen LogP contribution in [0.3, 0.4) is 0 Å². The number of ether oxygens (including phenoxy) is 2. The molecule has 1 rings (SSSR count). The molecule has 1 saturated carbocycles. The first-order valence-corrected chi connectivity index (χ1v) is 25.0. The van der Waals surface area contributed by atoms with Crippen LogP contribution in [0.25, 0.3) is 0 Å². The van der Waals surface area contributed by atoms with E-state index in [1.165, 1.54) is 44.9 Å². The Morgan fingerprint density at radius 3 is 1.46 bits per heavy atom. The molecule has 0 aromatic carbocycles. The number of allylic oxidation sites excluding steroid dienone is 8. The number of carbonyl (C=O) groups excluding carboxylic acids is 2. The molecule has 61 heavy (non-hydrogen) atoms. The number of esters is 2. The Kier molecular flexibility index (Phi) is 34.7. The van der Waals surface area contributed by atoms with Gasteiger partial charge in [0.05, 0.1) is 6.61 Å². The zero-order valence-corrected chi connectivity index (χ0v) is 38.3. The number of phosphoric acid groups is 1. The Morgan fingerprint density at radius 1 is 0.525 bits per heavy atom. The van der Waals surface area contributed by atoms with Crippen LogP contribution in [0.1, 0.15) is 181 Å². The lowest BCUT2D eigenvalue weighted by Gasteiger charge is -2.41. The van der Waals surface area contributed by atoms with Gasteiger partial charge in [0, 0.05) is 12.8 Å². The van der Waals surface area contributed by atoms with Gasteiger partial charge in [-0.1, -0.05) is 146 Å².